The number of rotatable bonds is 8. The quantitative estimate of drug-likeness (QED) is 0.692. The lowest BCUT2D eigenvalue weighted by molar-refractivity contribution is -0.892. The van der Waals surface area contributed by atoms with Crippen LogP contribution in [-0.2, 0) is 4.79 Å². The molecule has 0 bridgehead atoms. The van der Waals surface area contributed by atoms with Crippen molar-refractivity contribution in [3.05, 3.63) is 36.7 Å². The summed E-state index contributed by atoms with van der Waals surface area (Å²) in [7, 11) is 0. The molecule has 2 aromatic rings. The van der Waals surface area contributed by atoms with E-state index in [-0.39, 0.29) is 5.91 Å². The van der Waals surface area contributed by atoms with Crippen molar-refractivity contribution in [3.8, 4) is 11.5 Å². The molecule has 28 heavy (non-hydrogen) atoms. The van der Waals surface area contributed by atoms with E-state index in [2.05, 4.69) is 20.2 Å². The molecule has 1 aliphatic heterocycles. The Balaban J connectivity index is 1.51. The monoisotopic (exact) mass is 386 g/mol. The number of amides is 1. The van der Waals surface area contributed by atoms with Gasteiger partial charge in [0.05, 0.1) is 39.4 Å². The number of aromatic nitrogens is 2. The minimum atomic E-state index is -0.00832. The molecule has 8 nitrogen and oxygen atoms in total. The predicted octanol–water partition coefficient (Wildman–Crippen LogP) is 0.618. The zero-order valence-corrected chi connectivity index (χ0v) is 16.5. The Morgan fingerprint density at radius 1 is 1.11 bits per heavy atom. The number of anilines is 2. The molecule has 1 aromatic heterocycles. The third-order valence-electron chi connectivity index (χ3n) is 4.54. The lowest BCUT2D eigenvalue weighted by atomic mass is 10.2. The van der Waals surface area contributed by atoms with E-state index in [1.165, 1.54) is 4.90 Å². The number of hydrogen-bond acceptors (Lipinski definition) is 6. The van der Waals surface area contributed by atoms with E-state index in [0.717, 1.165) is 32.1 Å². The van der Waals surface area contributed by atoms with Crippen molar-refractivity contribution in [3.63, 3.8) is 0 Å². The number of nitrogens with zero attached hydrogens (tertiary/aromatic N) is 3. The van der Waals surface area contributed by atoms with E-state index in [4.69, 9.17) is 9.47 Å². The Morgan fingerprint density at radius 3 is 2.46 bits per heavy atom. The maximum absolute atomic E-state index is 12.5. The van der Waals surface area contributed by atoms with Crippen molar-refractivity contribution >= 4 is 17.5 Å². The molecule has 1 aromatic carbocycles. The number of carbonyl (C=O) groups is 1. The summed E-state index contributed by atoms with van der Waals surface area (Å²) in [6.45, 7) is 8.81. The Morgan fingerprint density at radius 2 is 1.79 bits per heavy atom. The number of benzene rings is 1. The van der Waals surface area contributed by atoms with Gasteiger partial charge in [-0.2, -0.15) is 0 Å². The van der Waals surface area contributed by atoms with Gasteiger partial charge < -0.3 is 24.6 Å². The standard InChI is InChI=1S/C20H27N5O3/c1-3-27-17-7-6-16(14-18(17)28-4-2)23-19(26)15-24-10-12-25(13-11-24)20-21-8-5-9-22-20/h5-9,14H,3-4,10-13,15H2,1-2H3,(H,23,26)/p+1. The molecule has 0 saturated carbocycles. The molecule has 2 heterocycles. The second-order valence-corrected chi connectivity index (χ2v) is 6.54. The van der Waals surface area contributed by atoms with Crippen molar-refractivity contribution in [2.24, 2.45) is 0 Å². The van der Waals surface area contributed by atoms with Crippen molar-refractivity contribution in [2.45, 2.75) is 13.8 Å². The smallest absolute Gasteiger partial charge is 0.279 e. The van der Waals surface area contributed by atoms with Gasteiger partial charge in [-0.15, -0.1) is 0 Å². The third kappa shape index (κ3) is 5.32. The molecule has 1 saturated heterocycles. The number of carbonyl (C=O) groups excluding carboxylic acids is 1. The van der Waals surface area contributed by atoms with Crippen LogP contribution in [0.1, 0.15) is 13.8 Å². The van der Waals surface area contributed by atoms with Crippen LogP contribution in [0, 0.1) is 0 Å². The Bertz CT molecular complexity index is 764. The summed E-state index contributed by atoms with van der Waals surface area (Å²) in [6.07, 6.45) is 3.50. The van der Waals surface area contributed by atoms with Gasteiger partial charge in [-0.1, -0.05) is 0 Å². The van der Waals surface area contributed by atoms with Crippen LogP contribution in [0.2, 0.25) is 0 Å². The molecule has 8 heteroatoms. The molecule has 0 unspecified atom stereocenters. The maximum atomic E-state index is 12.5. The van der Waals surface area contributed by atoms with Gasteiger partial charge in [0.15, 0.2) is 18.0 Å². The van der Waals surface area contributed by atoms with E-state index < -0.39 is 0 Å². The van der Waals surface area contributed by atoms with Gasteiger partial charge in [-0.25, -0.2) is 9.97 Å². The van der Waals surface area contributed by atoms with Gasteiger partial charge in [0.25, 0.3) is 5.91 Å². The Kier molecular flexibility index (Phi) is 7.02. The van der Waals surface area contributed by atoms with E-state index in [1.807, 2.05) is 38.1 Å². The highest BCUT2D eigenvalue weighted by atomic mass is 16.5. The van der Waals surface area contributed by atoms with Crippen LogP contribution >= 0.6 is 0 Å². The Labute approximate surface area is 165 Å². The summed E-state index contributed by atoms with van der Waals surface area (Å²) in [5.41, 5.74) is 0.715. The molecule has 1 fully saturated rings. The van der Waals surface area contributed by atoms with Crippen LogP contribution in [0.5, 0.6) is 11.5 Å². The molecule has 0 aliphatic carbocycles. The number of ether oxygens (including phenoxy) is 2. The minimum absolute atomic E-state index is 0.00832. The van der Waals surface area contributed by atoms with Crippen LogP contribution in [0.25, 0.3) is 0 Å². The SMILES string of the molecule is CCOc1ccc(NC(=O)C[NH+]2CCN(c3ncccn3)CC2)cc1OCC. The van der Waals surface area contributed by atoms with Crippen LogP contribution < -0.4 is 24.6 Å². The summed E-state index contributed by atoms with van der Waals surface area (Å²) in [6, 6.07) is 7.29. The van der Waals surface area contributed by atoms with Gasteiger partial charge in [0.2, 0.25) is 5.95 Å². The summed E-state index contributed by atoms with van der Waals surface area (Å²) in [5, 5.41) is 2.97. The molecular weight excluding hydrogens is 358 g/mol. The second-order valence-electron chi connectivity index (χ2n) is 6.54. The maximum Gasteiger partial charge on any atom is 0.279 e. The van der Waals surface area contributed by atoms with Gasteiger partial charge in [-0.05, 0) is 32.0 Å². The molecular formula is C20H28N5O3+. The summed E-state index contributed by atoms with van der Waals surface area (Å²) in [4.78, 5) is 24.5. The van der Waals surface area contributed by atoms with Crippen LogP contribution in [0.3, 0.4) is 0 Å². The first kappa shape index (κ1) is 19.9. The highest BCUT2D eigenvalue weighted by Gasteiger charge is 2.23. The van der Waals surface area contributed by atoms with Gasteiger partial charge in [-0.3, -0.25) is 4.79 Å². The number of quaternary nitrogens is 1. The van der Waals surface area contributed by atoms with E-state index >= 15 is 0 Å². The summed E-state index contributed by atoms with van der Waals surface area (Å²) < 4.78 is 11.2. The predicted molar refractivity (Wildman–Crippen MR) is 107 cm³/mol. The molecule has 3 rings (SSSR count). The fraction of sp³-hybridized carbons (Fsp3) is 0.450. The lowest BCUT2D eigenvalue weighted by Crippen LogP contribution is -3.15. The normalized spacial score (nSPS) is 14.6. The molecule has 1 amide bonds. The van der Waals surface area contributed by atoms with E-state index in [1.54, 1.807) is 12.4 Å². The van der Waals surface area contributed by atoms with Gasteiger partial charge >= 0.3 is 0 Å². The first-order chi connectivity index (χ1) is 13.7. The average Bonchev–Trinajstić information content (AvgIpc) is 2.71. The third-order valence-corrected chi connectivity index (χ3v) is 4.54. The second kappa shape index (κ2) is 9.89. The first-order valence-electron chi connectivity index (χ1n) is 9.74. The highest BCUT2D eigenvalue weighted by molar-refractivity contribution is 5.91. The average molecular weight is 386 g/mol. The molecule has 0 atom stereocenters. The lowest BCUT2D eigenvalue weighted by Gasteiger charge is -2.31. The van der Waals surface area contributed by atoms with Crippen LogP contribution in [0.15, 0.2) is 36.7 Å². The zero-order chi connectivity index (χ0) is 19.8. The van der Waals surface area contributed by atoms with Crippen molar-refractivity contribution in [1.29, 1.82) is 0 Å². The van der Waals surface area contributed by atoms with Crippen LogP contribution in [-0.4, -0.2) is 61.8 Å². The highest BCUT2D eigenvalue weighted by Crippen LogP contribution is 2.30. The van der Waals surface area contributed by atoms with Gasteiger partial charge in [0, 0.05) is 24.1 Å². The van der Waals surface area contributed by atoms with E-state index in [9.17, 15) is 4.79 Å². The topological polar surface area (TPSA) is 81.0 Å². The summed E-state index contributed by atoms with van der Waals surface area (Å²) in [5.74, 6) is 2.08. The molecule has 0 spiro atoms. The number of nitrogens with one attached hydrogen (secondary N) is 2. The fourth-order valence-corrected chi connectivity index (χ4v) is 3.22. The molecule has 1 aliphatic rings. The minimum Gasteiger partial charge on any atom is -0.490 e. The van der Waals surface area contributed by atoms with Crippen molar-refractivity contribution < 1.29 is 19.2 Å². The van der Waals surface area contributed by atoms with Crippen LogP contribution in [0.4, 0.5) is 11.6 Å². The molecule has 150 valence electrons. The van der Waals surface area contributed by atoms with E-state index in [0.29, 0.717) is 36.9 Å². The fourth-order valence-electron chi connectivity index (χ4n) is 3.22. The van der Waals surface area contributed by atoms with Crippen molar-refractivity contribution in [2.75, 3.05) is 56.2 Å². The van der Waals surface area contributed by atoms with Gasteiger partial charge in [0.1, 0.15) is 0 Å². The van der Waals surface area contributed by atoms with Crippen molar-refractivity contribution in [1.82, 2.24) is 9.97 Å². The number of hydrogen-bond donors (Lipinski definition) is 2. The number of piperazine rings is 1. The summed E-state index contributed by atoms with van der Waals surface area (Å²) >= 11 is 0. The first-order valence-corrected chi connectivity index (χ1v) is 9.74. The molecule has 2 N–H and O–H groups in total. The zero-order valence-electron chi connectivity index (χ0n) is 16.5. The Hall–Kier alpha value is -2.87. The molecule has 0 radical (unpaired) electrons. The largest absolute Gasteiger partial charge is 0.490 e.